The van der Waals surface area contributed by atoms with Gasteiger partial charge in [-0.2, -0.15) is 0 Å². The van der Waals surface area contributed by atoms with Crippen LogP contribution in [0.15, 0.2) is 48.5 Å². The summed E-state index contributed by atoms with van der Waals surface area (Å²) in [5.41, 5.74) is 6.39. The number of rotatable bonds is 5. The van der Waals surface area contributed by atoms with E-state index >= 15 is 0 Å². The van der Waals surface area contributed by atoms with Crippen LogP contribution in [-0.4, -0.2) is 24.7 Å². The molecule has 3 N–H and O–H groups in total. The van der Waals surface area contributed by atoms with E-state index in [0.717, 1.165) is 0 Å². The molecule has 1 amide bonds. The second kappa shape index (κ2) is 8.98. The van der Waals surface area contributed by atoms with Crippen LogP contribution in [0, 0.1) is 5.82 Å². The van der Waals surface area contributed by atoms with Crippen LogP contribution >= 0.6 is 12.4 Å². The minimum Gasteiger partial charge on any atom is -0.489 e. The van der Waals surface area contributed by atoms with Gasteiger partial charge >= 0.3 is 0 Å². The first-order valence-electron chi connectivity index (χ1n) is 8.21. The molecule has 0 radical (unpaired) electrons. The summed E-state index contributed by atoms with van der Waals surface area (Å²) in [6.45, 7) is 1.13. The Kier molecular flexibility index (Phi) is 6.97. The Morgan fingerprint density at radius 1 is 1.15 bits per heavy atom. The lowest BCUT2D eigenvalue weighted by Gasteiger charge is -2.31. The molecule has 1 aliphatic rings. The molecule has 0 unspecified atom stereocenters. The number of amides is 1. The topological polar surface area (TPSA) is 73.6 Å². The maximum Gasteiger partial charge on any atom is 0.244 e. The molecule has 0 atom stereocenters. The summed E-state index contributed by atoms with van der Waals surface area (Å²) < 4.78 is 24.4. The van der Waals surface area contributed by atoms with E-state index in [0.29, 0.717) is 43.1 Å². The molecule has 2 aromatic carbocycles. The highest BCUT2D eigenvalue weighted by atomic mass is 35.5. The lowest BCUT2D eigenvalue weighted by Crippen LogP contribution is -2.54. The van der Waals surface area contributed by atoms with E-state index in [1.807, 2.05) is 0 Å². The average molecular weight is 381 g/mol. The minimum atomic E-state index is -0.891. The smallest absolute Gasteiger partial charge is 0.244 e. The Labute approximate surface area is 158 Å². The van der Waals surface area contributed by atoms with Gasteiger partial charge in [0.05, 0.1) is 0 Å². The number of nitrogens with two attached hydrogens (primary N) is 1. The molecule has 3 rings (SSSR count). The maximum absolute atomic E-state index is 13.6. The van der Waals surface area contributed by atoms with Gasteiger partial charge < -0.3 is 20.5 Å². The summed E-state index contributed by atoms with van der Waals surface area (Å²) >= 11 is 0. The molecule has 26 heavy (non-hydrogen) atoms. The zero-order chi connectivity index (χ0) is 17.7. The predicted molar refractivity (Wildman–Crippen MR) is 100 cm³/mol. The Morgan fingerprint density at radius 2 is 1.81 bits per heavy atom. The van der Waals surface area contributed by atoms with Crippen LogP contribution in [-0.2, 0) is 16.1 Å². The van der Waals surface area contributed by atoms with Crippen molar-refractivity contribution in [1.82, 2.24) is 0 Å². The van der Waals surface area contributed by atoms with Crippen molar-refractivity contribution in [1.29, 1.82) is 0 Å². The van der Waals surface area contributed by atoms with Gasteiger partial charge in [0.2, 0.25) is 5.91 Å². The third-order valence-electron chi connectivity index (χ3n) is 4.30. The maximum atomic E-state index is 13.6. The molecule has 140 valence electrons. The van der Waals surface area contributed by atoms with Crippen molar-refractivity contribution < 1.29 is 18.7 Å². The molecule has 5 nitrogen and oxygen atoms in total. The number of anilines is 1. The number of benzene rings is 2. The third-order valence-corrected chi connectivity index (χ3v) is 4.30. The van der Waals surface area contributed by atoms with Crippen LogP contribution in [0.3, 0.4) is 0 Å². The Balaban J connectivity index is 0.00000243. The van der Waals surface area contributed by atoms with E-state index in [2.05, 4.69) is 5.32 Å². The molecule has 0 spiro atoms. The monoisotopic (exact) mass is 380 g/mol. The van der Waals surface area contributed by atoms with Gasteiger partial charge in [0.15, 0.2) is 0 Å². The molecule has 1 fully saturated rings. The largest absolute Gasteiger partial charge is 0.489 e. The second-order valence-electron chi connectivity index (χ2n) is 6.13. The number of ether oxygens (including phenoxy) is 2. The normalized spacial score (nSPS) is 15.6. The van der Waals surface area contributed by atoms with E-state index < -0.39 is 5.54 Å². The first kappa shape index (κ1) is 20.2. The van der Waals surface area contributed by atoms with Gasteiger partial charge in [0.25, 0.3) is 0 Å². The summed E-state index contributed by atoms with van der Waals surface area (Å²) in [5.74, 6) is 0.0849. The predicted octanol–water partition coefficient (Wildman–Crippen LogP) is 3.27. The van der Waals surface area contributed by atoms with Crippen LogP contribution in [0.2, 0.25) is 0 Å². The number of carbonyl (C=O) groups excluding carboxylic acids is 1. The van der Waals surface area contributed by atoms with E-state index in [9.17, 15) is 9.18 Å². The number of hydrogen-bond donors (Lipinski definition) is 2. The first-order valence-corrected chi connectivity index (χ1v) is 8.21. The zero-order valence-electron chi connectivity index (χ0n) is 14.2. The number of halogens is 2. The van der Waals surface area contributed by atoms with Gasteiger partial charge in [-0.3, -0.25) is 4.79 Å². The molecule has 1 aliphatic heterocycles. The van der Waals surface area contributed by atoms with Crippen LogP contribution < -0.4 is 15.8 Å². The summed E-state index contributed by atoms with van der Waals surface area (Å²) in [6.07, 6.45) is 1.01. The number of hydrogen-bond acceptors (Lipinski definition) is 4. The zero-order valence-corrected chi connectivity index (χ0v) is 15.1. The fourth-order valence-corrected chi connectivity index (χ4v) is 2.63. The van der Waals surface area contributed by atoms with Crippen molar-refractivity contribution in [3.05, 3.63) is 59.9 Å². The standard InChI is InChI=1S/C19H21FN2O3.ClH/c20-17-4-2-1-3-14(17)13-25-16-7-5-15(6-8-16)22-18(23)19(21)9-11-24-12-10-19;/h1-8H,9-13,21H2,(H,22,23);1H. The van der Waals surface area contributed by atoms with Gasteiger partial charge in [0, 0.05) is 24.5 Å². The Bertz CT molecular complexity index is 734. The molecule has 0 saturated carbocycles. The summed E-state index contributed by atoms with van der Waals surface area (Å²) in [5, 5.41) is 2.83. The van der Waals surface area contributed by atoms with Crippen LogP contribution in [0.4, 0.5) is 10.1 Å². The highest BCUT2D eigenvalue weighted by Crippen LogP contribution is 2.22. The Morgan fingerprint density at radius 3 is 2.46 bits per heavy atom. The fourth-order valence-electron chi connectivity index (χ4n) is 2.63. The molecular formula is C19H22ClFN2O3. The molecule has 1 heterocycles. The third kappa shape index (κ3) is 4.94. The highest BCUT2D eigenvalue weighted by molar-refractivity contribution is 5.98. The number of carbonyl (C=O) groups is 1. The van der Waals surface area contributed by atoms with Gasteiger partial charge in [-0.1, -0.05) is 18.2 Å². The van der Waals surface area contributed by atoms with Crippen LogP contribution in [0.5, 0.6) is 5.75 Å². The quantitative estimate of drug-likeness (QED) is 0.834. The minimum absolute atomic E-state index is 0. The molecule has 0 aliphatic carbocycles. The first-order chi connectivity index (χ1) is 12.1. The molecule has 0 bridgehead atoms. The molecule has 7 heteroatoms. The molecule has 0 aromatic heterocycles. The number of nitrogens with one attached hydrogen (secondary N) is 1. The van der Waals surface area contributed by atoms with Crippen molar-refractivity contribution in [3.63, 3.8) is 0 Å². The molecule has 1 saturated heterocycles. The van der Waals surface area contributed by atoms with Crippen molar-refractivity contribution >= 4 is 24.0 Å². The second-order valence-corrected chi connectivity index (χ2v) is 6.13. The van der Waals surface area contributed by atoms with Crippen molar-refractivity contribution in [3.8, 4) is 5.75 Å². The summed E-state index contributed by atoms with van der Waals surface area (Å²) in [4.78, 5) is 12.4. The fraction of sp³-hybridized carbons (Fsp3) is 0.316. The lowest BCUT2D eigenvalue weighted by molar-refractivity contribution is -0.124. The van der Waals surface area contributed by atoms with Gasteiger partial charge in [0.1, 0.15) is 23.7 Å². The van der Waals surface area contributed by atoms with Gasteiger partial charge in [-0.25, -0.2) is 4.39 Å². The summed E-state index contributed by atoms with van der Waals surface area (Å²) in [6, 6.07) is 13.4. The van der Waals surface area contributed by atoms with E-state index in [1.54, 1.807) is 42.5 Å². The van der Waals surface area contributed by atoms with E-state index in [4.69, 9.17) is 15.2 Å². The van der Waals surface area contributed by atoms with E-state index in [1.165, 1.54) is 6.07 Å². The average Bonchev–Trinajstić information content (AvgIpc) is 2.63. The molecular weight excluding hydrogens is 359 g/mol. The van der Waals surface area contributed by atoms with Crippen LogP contribution in [0.1, 0.15) is 18.4 Å². The van der Waals surface area contributed by atoms with Gasteiger partial charge in [-0.15, -0.1) is 12.4 Å². The van der Waals surface area contributed by atoms with Crippen molar-refractivity contribution in [2.45, 2.75) is 25.0 Å². The SMILES string of the molecule is Cl.NC1(C(=O)Nc2ccc(OCc3ccccc3F)cc2)CCOCC1. The molecule has 2 aromatic rings. The van der Waals surface area contributed by atoms with Crippen molar-refractivity contribution in [2.75, 3.05) is 18.5 Å². The van der Waals surface area contributed by atoms with Crippen LogP contribution in [0.25, 0.3) is 0 Å². The highest BCUT2D eigenvalue weighted by Gasteiger charge is 2.35. The Hall–Kier alpha value is -2.15. The lowest BCUT2D eigenvalue weighted by atomic mass is 9.90. The summed E-state index contributed by atoms with van der Waals surface area (Å²) in [7, 11) is 0. The van der Waals surface area contributed by atoms with Gasteiger partial charge in [-0.05, 0) is 43.2 Å². The van der Waals surface area contributed by atoms with Crippen molar-refractivity contribution in [2.24, 2.45) is 5.73 Å². The van der Waals surface area contributed by atoms with E-state index in [-0.39, 0.29) is 30.7 Å².